The molecule has 0 aromatic heterocycles. The van der Waals surface area contributed by atoms with Crippen LogP contribution in [-0.2, 0) is 0 Å². The highest BCUT2D eigenvalue weighted by molar-refractivity contribution is 4.70. The molecule has 70 valence electrons. The monoisotopic (exact) mass is 163 g/mol. The average Bonchev–Trinajstić information content (AvgIpc) is 2.43. The summed E-state index contributed by atoms with van der Waals surface area (Å²) in [6.07, 6.45) is 0.182. The van der Waals surface area contributed by atoms with Gasteiger partial charge >= 0.3 is 0 Å². The van der Waals surface area contributed by atoms with Gasteiger partial charge in [-0.2, -0.15) is 0 Å². The van der Waals surface area contributed by atoms with Crippen molar-refractivity contribution >= 4 is 0 Å². The van der Waals surface area contributed by atoms with Crippen molar-refractivity contribution in [3.8, 4) is 0 Å². The van der Waals surface area contributed by atoms with Crippen molar-refractivity contribution in [1.82, 2.24) is 4.90 Å². The second-order valence-corrected chi connectivity index (χ2v) is 2.15. The largest absolute Gasteiger partial charge is 0.303 e. The van der Waals surface area contributed by atoms with Crippen LogP contribution in [0.25, 0.3) is 0 Å². The molecule has 0 amide bonds. The van der Waals surface area contributed by atoms with Crippen molar-refractivity contribution in [3.05, 3.63) is 0 Å². The van der Waals surface area contributed by atoms with E-state index in [0.29, 0.717) is 6.54 Å². The van der Waals surface area contributed by atoms with Crippen LogP contribution in [0.15, 0.2) is 0 Å². The summed E-state index contributed by atoms with van der Waals surface area (Å²) in [7, 11) is 1.94. The molecule has 1 unspecified atom stereocenters. The number of halogens is 1. The standard InChI is InChI=1S/C5H10FN.2C2H6/c1-7-3-2-5(6)4-7;2*1-2/h5H,2-4H2,1H3;2*1-2H3. The van der Waals surface area contributed by atoms with Gasteiger partial charge < -0.3 is 4.90 Å². The number of hydrogen-bond donors (Lipinski definition) is 0. The summed E-state index contributed by atoms with van der Waals surface area (Å²) in [4.78, 5) is 2.00. The molecule has 1 saturated heterocycles. The van der Waals surface area contributed by atoms with E-state index < -0.39 is 6.17 Å². The van der Waals surface area contributed by atoms with E-state index in [9.17, 15) is 4.39 Å². The third kappa shape index (κ3) is 7.79. The van der Waals surface area contributed by atoms with Gasteiger partial charge in [-0.25, -0.2) is 4.39 Å². The molecular weight excluding hydrogens is 141 g/mol. The summed E-state index contributed by atoms with van der Waals surface area (Å²) in [6, 6.07) is 0. The molecule has 11 heavy (non-hydrogen) atoms. The van der Waals surface area contributed by atoms with Crippen molar-refractivity contribution in [2.75, 3.05) is 20.1 Å². The molecule has 1 aliphatic heterocycles. The third-order valence-corrected chi connectivity index (χ3v) is 1.33. The first kappa shape index (κ1) is 13.5. The van der Waals surface area contributed by atoms with Crippen molar-refractivity contribution in [1.29, 1.82) is 0 Å². The molecule has 0 aromatic carbocycles. The molecule has 0 saturated carbocycles. The van der Waals surface area contributed by atoms with E-state index in [0.717, 1.165) is 13.0 Å². The van der Waals surface area contributed by atoms with E-state index in [-0.39, 0.29) is 0 Å². The molecule has 1 nitrogen and oxygen atoms in total. The first-order valence-corrected chi connectivity index (χ1v) is 4.61. The fourth-order valence-corrected chi connectivity index (χ4v) is 0.881. The van der Waals surface area contributed by atoms with Crippen LogP contribution in [0.2, 0.25) is 0 Å². The lowest BCUT2D eigenvalue weighted by Gasteiger charge is -2.01. The number of likely N-dealkylation sites (tertiary alicyclic amines) is 1. The Morgan fingerprint density at radius 3 is 1.73 bits per heavy atom. The fraction of sp³-hybridized carbons (Fsp3) is 1.00. The lowest BCUT2D eigenvalue weighted by atomic mass is 10.4. The number of alkyl halides is 1. The molecule has 1 fully saturated rings. The SMILES string of the molecule is CC.CC.CN1CCC(F)C1. The van der Waals surface area contributed by atoms with Crippen molar-refractivity contribution in [3.63, 3.8) is 0 Å². The highest BCUT2D eigenvalue weighted by atomic mass is 19.1. The summed E-state index contributed by atoms with van der Waals surface area (Å²) < 4.78 is 12.1. The Hall–Kier alpha value is -0.110. The van der Waals surface area contributed by atoms with Crippen LogP contribution in [0.4, 0.5) is 4.39 Å². The summed E-state index contributed by atoms with van der Waals surface area (Å²) in [5, 5.41) is 0. The molecule has 0 N–H and O–H groups in total. The minimum Gasteiger partial charge on any atom is -0.303 e. The Morgan fingerprint density at radius 1 is 1.18 bits per heavy atom. The first-order valence-electron chi connectivity index (χ1n) is 4.61. The molecule has 0 aromatic rings. The minimum atomic E-state index is -0.551. The molecule has 0 bridgehead atoms. The zero-order valence-electron chi connectivity index (χ0n) is 8.52. The quantitative estimate of drug-likeness (QED) is 0.530. The highest BCUT2D eigenvalue weighted by Crippen LogP contribution is 2.08. The Bertz CT molecular complexity index is 58.6. The summed E-state index contributed by atoms with van der Waals surface area (Å²) in [6.45, 7) is 9.57. The molecule has 1 atom stereocenters. The van der Waals surface area contributed by atoms with Gasteiger partial charge in [-0.05, 0) is 13.5 Å². The number of hydrogen-bond acceptors (Lipinski definition) is 1. The maximum absolute atomic E-state index is 12.1. The van der Waals surface area contributed by atoms with Crippen molar-refractivity contribution in [2.24, 2.45) is 0 Å². The topological polar surface area (TPSA) is 3.24 Å². The van der Waals surface area contributed by atoms with Gasteiger partial charge in [0.15, 0.2) is 0 Å². The van der Waals surface area contributed by atoms with Gasteiger partial charge in [0.25, 0.3) is 0 Å². The van der Waals surface area contributed by atoms with Gasteiger partial charge in [0, 0.05) is 13.1 Å². The van der Waals surface area contributed by atoms with Crippen molar-refractivity contribution in [2.45, 2.75) is 40.3 Å². The van der Waals surface area contributed by atoms with E-state index in [1.54, 1.807) is 0 Å². The molecule has 0 spiro atoms. The van der Waals surface area contributed by atoms with Gasteiger partial charge in [0.1, 0.15) is 6.17 Å². The minimum absolute atomic E-state index is 0.551. The lowest BCUT2D eigenvalue weighted by Crippen LogP contribution is -2.13. The molecular formula is C9H22FN. The van der Waals surface area contributed by atoms with Crippen LogP contribution in [0.5, 0.6) is 0 Å². The van der Waals surface area contributed by atoms with Gasteiger partial charge in [0.2, 0.25) is 0 Å². The first-order chi connectivity index (χ1) is 5.29. The molecule has 1 aliphatic rings. The maximum Gasteiger partial charge on any atom is 0.114 e. The smallest absolute Gasteiger partial charge is 0.114 e. The predicted molar refractivity (Wildman–Crippen MR) is 49.7 cm³/mol. The summed E-state index contributed by atoms with van der Waals surface area (Å²) in [5.74, 6) is 0. The molecule has 0 aliphatic carbocycles. The highest BCUT2D eigenvalue weighted by Gasteiger charge is 2.17. The Labute approximate surface area is 70.6 Å². The van der Waals surface area contributed by atoms with Gasteiger partial charge in [0.05, 0.1) is 0 Å². The molecule has 2 heteroatoms. The van der Waals surface area contributed by atoms with E-state index in [1.165, 1.54) is 0 Å². The van der Waals surface area contributed by atoms with Crippen LogP contribution in [0.1, 0.15) is 34.1 Å². The van der Waals surface area contributed by atoms with Gasteiger partial charge in [-0.15, -0.1) is 0 Å². The van der Waals surface area contributed by atoms with E-state index in [2.05, 4.69) is 0 Å². The van der Waals surface area contributed by atoms with Crippen LogP contribution in [0, 0.1) is 0 Å². The van der Waals surface area contributed by atoms with E-state index in [1.807, 2.05) is 39.6 Å². The van der Waals surface area contributed by atoms with E-state index in [4.69, 9.17) is 0 Å². The zero-order chi connectivity index (χ0) is 9.28. The lowest BCUT2D eigenvalue weighted by molar-refractivity contribution is 0.321. The van der Waals surface area contributed by atoms with Crippen LogP contribution in [-0.4, -0.2) is 31.2 Å². The van der Waals surface area contributed by atoms with Gasteiger partial charge in [-0.1, -0.05) is 27.7 Å². The van der Waals surface area contributed by atoms with Crippen LogP contribution in [0.3, 0.4) is 0 Å². The fourth-order valence-electron chi connectivity index (χ4n) is 0.881. The Morgan fingerprint density at radius 2 is 1.64 bits per heavy atom. The predicted octanol–water partition coefficient (Wildman–Crippen LogP) is 2.71. The van der Waals surface area contributed by atoms with E-state index >= 15 is 0 Å². The van der Waals surface area contributed by atoms with Crippen LogP contribution >= 0.6 is 0 Å². The van der Waals surface area contributed by atoms with Crippen LogP contribution < -0.4 is 0 Å². The summed E-state index contributed by atoms with van der Waals surface area (Å²) >= 11 is 0. The van der Waals surface area contributed by atoms with Gasteiger partial charge in [-0.3, -0.25) is 0 Å². The Kier molecular flexibility index (Phi) is 12.1. The normalized spacial score (nSPS) is 22.9. The Balaban J connectivity index is 0. The second-order valence-electron chi connectivity index (χ2n) is 2.15. The zero-order valence-corrected chi connectivity index (χ0v) is 8.52. The van der Waals surface area contributed by atoms with Crippen molar-refractivity contribution < 1.29 is 4.39 Å². The third-order valence-electron chi connectivity index (χ3n) is 1.33. The molecule has 1 rings (SSSR count). The number of nitrogens with zero attached hydrogens (tertiary/aromatic N) is 1. The number of rotatable bonds is 0. The maximum atomic E-state index is 12.1. The molecule has 1 heterocycles. The second kappa shape index (κ2) is 9.89. The average molecular weight is 163 g/mol. The summed E-state index contributed by atoms with van der Waals surface area (Å²) in [5.41, 5.74) is 0. The molecule has 0 radical (unpaired) electrons.